The molecule has 0 unspecified atom stereocenters. The Balaban J connectivity index is 2.54. The molecule has 0 saturated heterocycles. The van der Waals surface area contributed by atoms with Gasteiger partial charge in [-0.2, -0.15) is 0 Å². The van der Waals surface area contributed by atoms with Crippen molar-refractivity contribution in [2.75, 3.05) is 0 Å². The van der Waals surface area contributed by atoms with Crippen molar-refractivity contribution in [3.8, 4) is 22.6 Å². The minimum absolute atomic E-state index is 0.0361. The lowest BCUT2D eigenvalue weighted by atomic mass is 10.1. The number of hydrogen-bond donors (Lipinski definition) is 2. The van der Waals surface area contributed by atoms with Gasteiger partial charge < -0.3 is 10.2 Å². The van der Waals surface area contributed by atoms with Gasteiger partial charge in [-0.1, -0.05) is 17.7 Å². The molecule has 16 heavy (non-hydrogen) atoms. The smallest absolute Gasteiger partial charge is 0.134 e. The Labute approximate surface area is 96.5 Å². The standard InChI is InChI=1S/C12H8ClFO2/c13-11-5-7(1-2-12(11)16)8-3-9(14)6-10(15)4-8/h1-6,15-16H. The summed E-state index contributed by atoms with van der Waals surface area (Å²) in [5, 5.41) is 18.7. The molecule has 82 valence electrons. The largest absolute Gasteiger partial charge is 0.508 e. The molecule has 0 bridgehead atoms. The fraction of sp³-hybridized carbons (Fsp3) is 0. The van der Waals surface area contributed by atoms with Crippen LogP contribution >= 0.6 is 11.6 Å². The number of phenolic OH excluding ortho intramolecular Hbond substituents is 2. The maximum Gasteiger partial charge on any atom is 0.134 e. The third-order valence-corrected chi connectivity index (χ3v) is 2.47. The molecule has 2 nitrogen and oxygen atoms in total. The lowest BCUT2D eigenvalue weighted by molar-refractivity contribution is 0.469. The molecular formula is C12H8ClFO2. The van der Waals surface area contributed by atoms with E-state index in [0.29, 0.717) is 11.1 Å². The van der Waals surface area contributed by atoms with Crippen molar-refractivity contribution in [2.24, 2.45) is 0 Å². The van der Waals surface area contributed by atoms with Gasteiger partial charge in [0, 0.05) is 6.07 Å². The van der Waals surface area contributed by atoms with Crippen LogP contribution in [-0.4, -0.2) is 10.2 Å². The van der Waals surface area contributed by atoms with E-state index in [2.05, 4.69) is 0 Å². The molecule has 0 atom stereocenters. The number of benzene rings is 2. The van der Waals surface area contributed by atoms with Crippen molar-refractivity contribution in [2.45, 2.75) is 0 Å². The molecule has 2 aromatic carbocycles. The van der Waals surface area contributed by atoms with E-state index in [-0.39, 0.29) is 16.5 Å². The van der Waals surface area contributed by atoms with E-state index in [1.807, 2.05) is 0 Å². The van der Waals surface area contributed by atoms with Gasteiger partial charge in [0.05, 0.1) is 5.02 Å². The first-order chi connectivity index (χ1) is 7.56. The Morgan fingerprint density at radius 2 is 1.69 bits per heavy atom. The predicted octanol–water partition coefficient (Wildman–Crippen LogP) is 3.56. The Morgan fingerprint density at radius 1 is 0.938 bits per heavy atom. The lowest BCUT2D eigenvalue weighted by Gasteiger charge is -2.04. The maximum atomic E-state index is 13.1. The summed E-state index contributed by atoms with van der Waals surface area (Å²) in [5.41, 5.74) is 1.12. The van der Waals surface area contributed by atoms with Crippen molar-refractivity contribution < 1.29 is 14.6 Å². The van der Waals surface area contributed by atoms with Gasteiger partial charge in [-0.05, 0) is 35.4 Å². The molecule has 0 aliphatic heterocycles. The summed E-state index contributed by atoms with van der Waals surface area (Å²) in [7, 11) is 0. The van der Waals surface area contributed by atoms with Crippen LogP contribution in [0.3, 0.4) is 0 Å². The molecule has 2 aromatic rings. The molecule has 0 saturated carbocycles. The van der Waals surface area contributed by atoms with Gasteiger partial charge in [-0.15, -0.1) is 0 Å². The summed E-state index contributed by atoms with van der Waals surface area (Å²) >= 11 is 5.74. The van der Waals surface area contributed by atoms with E-state index in [0.717, 1.165) is 6.07 Å². The lowest BCUT2D eigenvalue weighted by Crippen LogP contribution is -1.81. The van der Waals surface area contributed by atoms with E-state index < -0.39 is 5.82 Å². The van der Waals surface area contributed by atoms with Gasteiger partial charge in [0.25, 0.3) is 0 Å². The zero-order chi connectivity index (χ0) is 11.7. The van der Waals surface area contributed by atoms with Gasteiger partial charge in [0.15, 0.2) is 0 Å². The Morgan fingerprint density at radius 3 is 2.31 bits per heavy atom. The van der Waals surface area contributed by atoms with E-state index in [1.165, 1.54) is 24.3 Å². The van der Waals surface area contributed by atoms with Crippen LogP contribution in [0.2, 0.25) is 5.02 Å². The minimum atomic E-state index is -0.529. The number of rotatable bonds is 1. The van der Waals surface area contributed by atoms with Crippen LogP contribution in [0.4, 0.5) is 4.39 Å². The van der Waals surface area contributed by atoms with Crippen LogP contribution in [0.5, 0.6) is 11.5 Å². The van der Waals surface area contributed by atoms with Crippen molar-refractivity contribution in [1.82, 2.24) is 0 Å². The Bertz CT molecular complexity index is 520. The molecule has 0 heterocycles. The molecular weight excluding hydrogens is 231 g/mol. The molecule has 2 rings (SSSR count). The van der Waals surface area contributed by atoms with E-state index in [9.17, 15) is 14.6 Å². The van der Waals surface area contributed by atoms with Crippen molar-refractivity contribution in [1.29, 1.82) is 0 Å². The Hall–Kier alpha value is -1.74. The highest BCUT2D eigenvalue weighted by atomic mass is 35.5. The number of halogens is 2. The van der Waals surface area contributed by atoms with Gasteiger partial charge in [-0.25, -0.2) is 4.39 Å². The first-order valence-electron chi connectivity index (χ1n) is 4.55. The summed E-state index contributed by atoms with van der Waals surface area (Å²) in [6.45, 7) is 0. The van der Waals surface area contributed by atoms with Crippen LogP contribution in [0.25, 0.3) is 11.1 Å². The molecule has 4 heteroatoms. The fourth-order valence-electron chi connectivity index (χ4n) is 1.43. The van der Waals surface area contributed by atoms with Crippen LogP contribution < -0.4 is 0 Å². The third kappa shape index (κ3) is 2.09. The summed E-state index contributed by atoms with van der Waals surface area (Å²) in [4.78, 5) is 0. The van der Waals surface area contributed by atoms with E-state index in [4.69, 9.17) is 11.6 Å². The van der Waals surface area contributed by atoms with Crippen molar-refractivity contribution >= 4 is 11.6 Å². The maximum absolute atomic E-state index is 13.1. The zero-order valence-electron chi connectivity index (χ0n) is 8.11. The number of aromatic hydroxyl groups is 2. The quantitative estimate of drug-likeness (QED) is 0.798. The number of phenols is 2. The SMILES string of the molecule is Oc1cc(F)cc(-c2ccc(O)c(Cl)c2)c1. The Kier molecular flexibility index (Phi) is 2.71. The second kappa shape index (κ2) is 4.02. The highest BCUT2D eigenvalue weighted by Crippen LogP contribution is 2.31. The van der Waals surface area contributed by atoms with Gasteiger partial charge in [0.1, 0.15) is 17.3 Å². The van der Waals surface area contributed by atoms with Gasteiger partial charge in [-0.3, -0.25) is 0 Å². The normalized spacial score (nSPS) is 10.4. The van der Waals surface area contributed by atoms with Crippen LogP contribution in [-0.2, 0) is 0 Å². The summed E-state index contributed by atoms with van der Waals surface area (Å²) in [5.74, 6) is -0.718. The average Bonchev–Trinajstić information content (AvgIpc) is 2.20. The fourth-order valence-corrected chi connectivity index (χ4v) is 1.61. The minimum Gasteiger partial charge on any atom is -0.508 e. The molecule has 0 radical (unpaired) electrons. The van der Waals surface area contributed by atoms with E-state index >= 15 is 0 Å². The molecule has 0 aliphatic rings. The van der Waals surface area contributed by atoms with Crippen LogP contribution in [0, 0.1) is 5.82 Å². The first kappa shape index (κ1) is 10.8. The van der Waals surface area contributed by atoms with Crippen LogP contribution in [0.1, 0.15) is 0 Å². The molecule has 0 fully saturated rings. The molecule has 0 aromatic heterocycles. The highest BCUT2D eigenvalue weighted by molar-refractivity contribution is 6.32. The highest BCUT2D eigenvalue weighted by Gasteiger charge is 2.05. The van der Waals surface area contributed by atoms with Crippen molar-refractivity contribution in [3.05, 3.63) is 47.2 Å². The van der Waals surface area contributed by atoms with Crippen LogP contribution in [0.15, 0.2) is 36.4 Å². The topological polar surface area (TPSA) is 40.5 Å². The third-order valence-electron chi connectivity index (χ3n) is 2.16. The zero-order valence-corrected chi connectivity index (χ0v) is 8.87. The van der Waals surface area contributed by atoms with Gasteiger partial charge >= 0.3 is 0 Å². The summed E-state index contributed by atoms with van der Waals surface area (Å²) in [6.07, 6.45) is 0. The molecule has 0 amide bonds. The second-order valence-corrected chi connectivity index (χ2v) is 3.77. The summed E-state index contributed by atoms with van der Waals surface area (Å²) in [6, 6.07) is 8.24. The monoisotopic (exact) mass is 238 g/mol. The van der Waals surface area contributed by atoms with Crippen molar-refractivity contribution in [3.63, 3.8) is 0 Å². The molecule has 2 N–H and O–H groups in total. The van der Waals surface area contributed by atoms with Gasteiger partial charge in [0.2, 0.25) is 0 Å². The average molecular weight is 239 g/mol. The molecule has 0 spiro atoms. The first-order valence-corrected chi connectivity index (χ1v) is 4.92. The number of hydrogen-bond acceptors (Lipinski definition) is 2. The summed E-state index contributed by atoms with van der Waals surface area (Å²) < 4.78 is 13.1. The second-order valence-electron chi connectivity index (χ2n) is 3.36. The molecule has 0 aliphatic carbocycles. The van der Waals surface area contributed by atoms with E-state index in [1.54, 1.807) is 6.07 Å². The predicted molar refractivity (Wildman–Crippen MR) is 60.2 cm³/mol.